The molecule has 0 saturated carbocycles. The molecule has 2 saturated heterocycles. The minimum absolute atomic E-state index is 0.00188. The van der Waals surface area contributed by atoms with Crippen LogP contribution in [-0.4, -0.2) is 54.5 Å². The summed E-state index contributed by atoms with van der Waals surface area (Å²) < 4.78 is 72.6. The van der Waals surface area contributed by atoms with Crippen molar-refractivity contribution in [2.45, 2.75) is 48.1 Å². The molecule has 2 heterocycles. The molecule has 2 fully saturated rings. The highest BCUT2D eigenvalue weighted by molar-refractivity contribution is 7.87. The Labute approximate surface area is 176 Å². The monoisotopic (exact) mass is 454 g/mol. The van der Waals surface area contributed by atoms with Crippen LogP contribution in [0.3, 0.4) is 0 Å². The molecule has 4 unspecified atom stereocenters. The minimum Gasteiger partial charge on any atom is -0.370 e. The Kier molecular flexibility index (Phi) is 5.73. The fraction of sp³-hybridized carbons (Fsp3) is 0.400. The van der Waals surface area contributed by atoms with E-state index >= 15 is 0 Å². The van der Waals surface area contributed by atoms with E-state index in [4.69, 9.17) is 17.8 Å². The van der Waals surface area contributed by atoms with Gasteiger partial charge in [0.05, 0.1) is 23.0 Å². The molecule has 0 radical (unpaired) electrons. The molecule has 2 bridgehead atoms. The molecule has 2 aromatic rings. The summed E-state index contributed by atoms with van der Waals surface area (Å²) in [7, 11) is -8.18. The van der Waals surface area contributed by atoms with Crippen molar-refractivity contribution < 1.29 is 34.7 Å². The van der Waals surface area contributed by atoms with E-state index < -0.39 is 44.7 Å². The van der Waals surface area contributed by atoms with Gasteiger partial charge in [-0.1, -0.05) is 35.4 Å². The third-order valence-corrected chi connectivity index (χ3v) is 7.77. The van der Waals surface area contributed by atoms with Crippen molar-refractivity contribution in [2.75, 3.05) is 13.2 Å². The Hall–Kier alpha value is -1.82. The first-order valence-corrected chi connectivity index (χ1v) is 12.2. The molecule has 4 atom stereocenters. The molecule has 162 valence electrons. The third kappa shape index (κ3) is 4.29. The minimum atomic E-state index is -4.09. The van der Waals surface area contributed by atoms with Crippen LogP contribution in [0.5, 0.6) is 0 Å². The Morgan fingerprint density at radius 2 is 1.23 bits per heavy atom. The van der Waals surface area contributed by atoms with Gasteiger partial charge in [0.25, 0.3) is 20.2 Å². The van der Waals surface area contributed by atoms with Crippen LogP contribution in [-0.2, 0) is 38.1 Å². The third-order valence-electron chi connectivity index (χ3n) is 5.09. The summed E-state index contributed by atoms with van der Waals surface area (Å²) in [6.07, 6.45) is -3.57. The van der Waals surface area contributed by atoms with E-state index in [0.717, 1.165) is 11.1 Å². The molecule has 0 amide bonds. The molecule has 0 aliphatic carbocycles. The van der Waals surface area contributed by atoms with Crippen molar-refractivity contribution >= 4 is 20.2 Å². The first kappa shape index (κ1) is 21.4. The van der Waals surface area contributed by atoms with Gasteiger partial charge in [-0.15, -0.1) is 0 Å². The fourth-order valence-electron chi connectivity index (χ4n) is 3.41. The maximum Gasteiger partial charge on any atom is 0.297 e. The van der Waals surface area contributed by atoms with Crippen molar-refractivity contribution in [2.24, 2.45) is 0 Å². The van der Waals surface area contributed by atoms with E-state index in [1.165, 1.54) is 24.3 Å². The molecular formula is C20H22O8S2. The molecule has 2 aliphatic rings. The average Bonchev–Trinajstić information content (AvgIpc) is 2.95. The zero-order valence-corrected chi connectivity index (χ0v) is 18.1. The van der Waals surface area contributed by atoms with Gasteiger partial charge >= 0.3 is 0 Å². The van der Waals surface area contributed by atoms with Crippen molar-refractivity contribution in [3.8, 4) is 0 Å². The van der Waals surface area contributed by atoms with Crippen LogP contribution in [0.25, 0.3) is 0 Å². The summed E-state index contributed by atoms with van der Waals surface area (Å²) >= 11 is 0. The quantitative estimate of drug-likeness (QED) is 0.610. The van der Waals surface area contributed by atoms with E-state index in [1.54, 1.807) is 24.3 Å². The molecule has 30 heavy (non-hydrogen) atoms. The van der Waals surface area contributed by atoms with Crippen molar-refractivity contribution in [3.05, 3.63) is 59.7 Å². The first-order chi connectivity index (χ1) is 14.2. The molecule has 2 aliphatic heterocycles. The lowest BCUT2D eigenvalue weighted by Crippen LogP contribution is -2.51. The molecule has 0 N–H and O–H groups in total. The lowest BCUT2D eigenvalue weighted by Gasteiger charge is -2.33. The van der Waals surface area contributed by atoms with Gasteiger partial charge in [0.1, 0.15) is 24.4 Å². The topological polar surface area (TPSA) is 105 Å². The summed E-state index contributed by atoms with van der Waals surface area (Å²) in [5.41, 5.74) is 1.82. The van der Waals surface area contributed by atoms with Gasteiger partial charge in [0.15, 0.2) is 0 Å². The summed E-state index contributed by atoms with van der Waals surface area (Å²) in [5, 5.41) is 0. The molecule has 10 heteroatoms. The largest absolute Gasteiger partial charge is 0.370 e. The normalized spacial score (nSPS) is 26.6. The molecular weight excluding hydrogens is 432 g/mol. The molecule has 2 aromatic carbocycles. The van der Waals surface area contributed by atoms with Crippen molar-refractivity contribution in [1.82, 2.24) is 0 Å². The van der Waals surface area contributed by atoms with Crippen LogP contribution in [0.15, 0.2) is 58.3 Å². The molecule has 0 aromatic heterocycles. The summed E-state index contributed by atoms with van der Waals surface area (Å²) in [6.45, 7) is 3.72. The SMILES string of the molecule is Cc1ccc(S(=O)(=O)OC2COC3COC2C3OS(=O)(=O)c2ccc(C)cc2)cc1. The second-order valence-corrected chi connectivity index (χ2v) is 10.5. The number of hydrogen-bond donors (Lipinski definition) is 0. The standard InChI is InChI=1S/C20H22O8S2/c1-13-3-7-15(8-4-13)29(21,22)27-18-12-25-17-11-26-19(18)20(17)28-30(23,24)16-9-5-14(2)6-10-16/h3-10,17-20H,11-12H2,1-2H3. The molecule has 4 rings (SSSR count). The van der Waals surface area contributed by atoms with E-state index in [9.17, 15) is 16.8 Å². The molecule has 8 nitrogen and oxygen atoms in total. The summed E-state index contributed by atoms with van der Waals surface area (Å²) in [6, 6.07) is 12.5. The van der Waals surface area contributed by atoms with Gasteiger partial charge in [0, 0.05) is 0 Å². The van der Waals surface area contributed by atoms with Crippen LogP contribution < -0.4 is 0 Å². The predicted octanol–water partition coefficient (Wildman–Crippen LogP) is 1.95. The van der Waals surface area contributed by atoms with E-state index in [1.807, 2.05) is 13.8 Å². The summed E-state index contributed by atoms with van der Waals surface area (Å²) in [5.74, 6) is 0. The predicted molar refractivity (Wildman–Crippen MR) is 106 cm³/mol. The highest BCUT2D eigenvalue weighted by Crippen LogP contribution is 2.33. The van der Waals surface area contributed by atoms with Crippen LogP contribution in [0.1, 0.15) is 11.1 Å². The lowest BCUT2D eigenvalue weighted by molar-refractivity contribution is -0.105. The van der Waals surface area contributed by atoms with Gasteiger partial charge in [-0.05, 0) is 38.1 Å². The molecule has 0 spiro atoms. The highest BCUT2D eigenvalue weighted by atomic mass is 32.2. The van der Waals surface area contributed by atoms with Gasteiger partial charge in [-0.2, -0.15) is 16.8 Å². The van der Waals surface area contributed by atoms with Crippen LogP contribution >= 0.6 is 0 Å². The van der Waals surface area contributed by atoms with E-state index in [2.05, 4.69) is 0 Å². The van der Waals surface area contributed by atoms with Crippen LogP contribution in [0, 0.1) is 13.8 Å². The van der Waals surface area contributed by atoms with E-state index in [-0.39, 0.29) is 23.0 Å². The smallest absolute Gasteiger partial charge is 0.297 e. The number of rotatable bonds is 6. The maximum atomic E-state index is 12.7. The van der Waals surface area contributed by atoms with Gasteiger partial charge in [-0.3, -0.25) is 8.37 Å². The maximum absolute atomic E-state index is 12.7. The second kappa shape index (κ2) is 8.03. The Bertz CT molecular complexity index is 1110. The van der Waals surface area contributed by atoms with Gasteiger partial charge in [0.2, 0.25) is 0 Å². The van der Waals surface area contributed by atoms with E-state index in [0.29, 0.717) is 0 Å². The zero-order chi connectivity index (χ0) is 21.5. The lowest BCUT2D eigenvalue weighted by atomic mass is 10.0. The van der Waals surface area contributed by atoms with Gasteiger partial charge < -0.3 is 9.47 Å². The van der Waals surface area contributed by atoms with Gasteiger partial charge in [-0.25, -0.2) is 0 Å². The number of aryl methyl sites for hydroxylation is 2. The number of benzene rings is 2. The number of hydrogen-bond acceptors (Lipinski definition) is 8. The highest BCUT2D eigenvalue weighted by Gasteiger charge is 2.51. The van der Waals surface area contributed by atoms with Crippen molar-refractivity contribution in [1.29, 1.82) is 0 Å². The van der Waals surface area contributed by atoms with Crippen molar-refractivity contribution in [3.63, 3.8) is 0 Å². The number of ether oxygens (including phenoxy) is 2. The number of fused-ring (bicyclic) bond motifs is 2. The fourth-order valence-corrected chi connectivity index (χ4v) is 5.59. The Morgan fingerprint density at radius 1 is 0.733 bits per heavy atom. The summed E-state index contributed by atoms with van der Waals surface area (Å²) in [4.78, 5) is 0.000726. The van der Waals surface area contributed by atoms with Crippen LogP contribution in [0.4, 0.5) is 0 Å². The zero-order valence-electron chi connectivity index (χ0n) is 16.4. The first-order valence-electron chi connectivity index (χ1n) is 9.39. The second-order valence-electron chi connectivity index (χ2n) is 7.40. The Morgan fingerprint density at radius 3 is 1.77 bits per heavy atom. The average molecular weight is 455 g/mol. The van der Waals surface area contributed by atoms with Crippen LogP contribution in [0.2, 0.25) is 0 Å². The Balaban J connectivity index is 1.53.